The van der Waals surface area contributed by atoms with Crippen molar-refractivity contribution < 1.29 is 22.7 Å². The number of benzene rings is 1. The summed E-state index contributed by atoms with van der Waals surface area (Å²) in [7, 11) is 0. The van der Waals surface area contributed by atoms with Crippen LogP contribution in [-0.2, 0) is 4.79 Å². The number of ether oxygens (including phenoxy) is 1. The van der Waals surface area contributed by atoms with Gasteiger partial charge in [0, 0.05) is 18.5 Å². The molecule has 0 aliphatic carbocycles. The summed E-state index contributed by atoms with van der Waals surface area (Å²) in [4.78, 5) is 15.8. The normalized spacial score (nSPS) is 13.1. The number of carbonyl (C=O) groups is 1. The van der Waals surface area contributed by atoms with E-state index < -0.39 is 6.36 Å². The molecule has 0 bridgehead atoms. The van der Waals surface area contributed by atoms with E-state index in [1.54, 1.807) is 6.92 Å². The van der Waals surface area contributed by atoms with Gasteiger partial charge in [-0.05, 0) is 25.5 Å². The monoisotopic (exact) mass is 333 g/mol. The number of nitrogens with one attached hydrogen (secondary N) is 1. The molecule has 1 unspecified atom stereocenters. The van der Waals surface area contributed by atoms with Crippen molar-refractivity contribution in [1.29, 1.82) is 0 Å². The van der Waals surface area contributed by atoms with Gasteiger partial charge in [0.15, 0.2) is 5.13 Å². The average molecular weight is 333 g/mol. The molecule has 1 amide bonds. The predicted molar refractivity (Wildman–Crippen MR) is 77.8 cm³/mol. The van der Waals surface area contributed by atoms with Crippen molar-refractivity contribution in [2.45, 2.75) is 32.2 Å². The highest BCUT2D eigenvalue weighted by Gasteiger charge is 2.31. The topological polar surface area (TPSA) is 77.2 Å². The summed E-state index contributed by atoms with van der Waals surface area (Å²) in [5, 5.41) is 2.93. The van der Waals surface area contributed by atoms with Crippen molar-refractivity contribution in [2.24, 2.45) is 5.73 Å². The predicted octanol–water partition coefficient (Wildman–Crippen LogP) is 3.26. The van der Waals surface area contributed by atoms with Crippen LogP contribution in [0, 0.1) is 0 Å². The lowest BCUT2D eigenvalue weighted by molar-refractivity contribution is -0.274. The van der Waals surface area contributed by atoms with Crippen molar-refractivity contribution >= 4 is 32.6 Å². The molecule has 5 nitrogen and oxygen atoms in total. The Morgan fingerprint density at radius 2 is 2.23 bits per heavy atom. The lowest BCUT2D eigenvalue weighted by atomic mass is 10.2. The fraction of sp³-hybridized carbons (Fsp3) is 0.385. The zero-order valence-corrected chi connectivity index (χ0v) is 12.4. The Balaban J connectivity index is 2.08. The van der Waals surface area contributed by atoms with Gasteiger partial charge in [0.25, 0.3) is 0 Å². The molecule has 0 spiro atoms. The number of carbonyl (C=O) groups excluding carboxylic acids is 1. The van der Waals surface area contributed by atoms with Gasteiger partial charge in [-0.15, -0.1) is 13.2 Å². The number of hydrogen-bond donors (Lipinski definition) is 2. The van der Waals surface area contributed by atoms with Crippen LogP contribution < -0.4 is 15.8 Å². The molecule has 1 atom stereocenters. The molecule has 1 aromatic carbocycles. The van der Waals surface area contributed by atoms with Gasteiger partial charge in [0.2, 0.25) is 5.91 Å². The highest BCUT2D eigenvalue weighted by molar-refractivity contribution is 7.22. The Hall–Kier alpha value is -1.87. The molecular formula is C13H14F3N3O2S. The number of halogens is 3. The molecule has 1 heterocycles. The highest BCUT2D eigenvalue weighted by atomic mass is 32.1. The smallest absolute Gasteiger partial charge is 0.406 e. The molecule has 3 N–H and O–H groups in total. The van der Waals surface area contributed by atoms with Crippen molar-refractivity contribution in [1.82, 2.24) is 4.98 Å². The van der Waals surface area contributed by atoms with E-state index in [1.165, 1.54) is 18.2 Å². The van der Waals surface area contributed by atoms with Crippen LogP contribution in [0.1, 0.15) is 19.8 Å². The maximum absolute atomic E-state index is 12.2. The molecule has 0 saturated carbocycles. The molecule has 0 fully saturated rings. The first-order valence-corrected chi connectivity index (χ1v) is 7.26. The van der Waals surface area contributed by atoms with E-state index in [0.717, 1.165) is 11.3 Å². The SMILES string of the molecule is CC(N)CCC(=O)Nc1nc2ccc(OC(F)(F)F)cc2s1. The van der Waals surface area contributed by atoms with Crippen LogP contribution >= 0.6 is 11.3 Å². The van der Waals surface area contributed by atoms with Crippen LogP contribution in [-0.4, -0.2) is 23.3 Å². The number of fused-ring (bicyclic) bond motifs is 1. The molecule has 9 heteroatoms. The second-order valence-electron chi connectivity index (χ2n) is 4.76. The van der Waals surface area contributed by atoms with Gasteiger partial charge in [-0.1, -0.05) is 11.3 Å². The average Bonchev–Trinajstić information content (AvgIpc) is 2.75. The molecule has 0 radical (unpaired) electrons. The van der Waals surface area contributed by atoms with Gasteiger partial charge in [-0.2, -0.15) is 0 Å². The Morgan fingerprint density at radius 3 is 2.86 bits per heavy atom. The highest BCUT2D eigenvalue weighted by Crippen LogP contribution is 2.31. The summed E-state index contributed by atoms with van der Waals surface area (Å²) < 4.78 is 40.8. The van der Waals surface area contributed by atoms with Gasteiger partial charge < -0.3 is 15.8 Å². The van der Waals surface area contributed by atoms with Gasteiger partial charge in [0.05, 0.1) is 10.2 Å². The van der Waals surface area contributed by atoms with Crippen LogP contribution in [0.15, 0.2) is 18.2 Å². The summed E-state index contributed by atoms with van der Waals surface area (Å²) in [6.45, 7) is 1.80. The Morgan fingerprint density at radius 1 is 1.50 bits per heavy atom. The summed E-state index contributed by atoms with van der Waals surface area (Å²) in [6, 6.07) is 3.74. The van der Waals surface area contributed by atoms with E-state index in [4.69, 9.17) is 5.73 Å². The van der Waals surface area contributed by atoms with E-state index in [9.17, 15) is 18.0 Å². The Kier molecular flexibility index (Phi) is 4.87. The minimum Gasteiger partial charge on any atom is -0.406 e. The van der Waals surface area contributed by atoms with E-state index >= 15 is 0 Å². The van der Waals surface area contributed by atoms with Gasteiger partial charge >= 0.3 is 6.36 Å². The minimum atomic E-state index is -4.74. The largest absolute Gasteiger partial charge is 0.573 e. The maximum atomic E-state index is 12.2. The minimum absolute atomic E-state index is 0.0804. The number of nitrogens with zero attached hydrogens (tertiary/aromatic N) is 1. The molecule has 2 rings (SSSR count). The summed E-state index contributed by atoms with van der Waals surface area (Å²) in [5.74, 6) is -0.554. The van der Waals surface area contributed by atoms with E-state index in [-0.39, 0.29) is 24.1 Å². The number of rotatable bonds is 5. The van der Waals surface area contributed by atoms with E-state index in [1.807, 2.05) is 0 Å². The first-order valence-electron chi connectivity index (χ1n) is 6.45. The fourth-order valence-electron chi connectivity index (χ4n) is 1.70. The van der Waals surface area contributed by atoms with Crippen LogP contribution in [0.2, 0.25) is 0 Å². The summed E-state index contributed by atoms with van der Waals surface area (Å²) >= 11 is 1.08. The second kappa shape index (κ2) is 6.49. The van der Waals surface area contributed by atoms with Crippen LogP contribution in [0.4, 0.5) is 18.3 Å². The summed E-state index contributed by atoms with van der Waals surface area (Å²) in [6.07, 6.45) is -3.94. The maximum Gasteiger partial charge on any atom is 0.573 e. The van der Waals surface area contributed by atoms with Crippen LogP contribution in [0.25, 0.3) is 10.2 Å². The number of aromatic nitrogens is 1. The molecule has 0 aliphatic heterocycles. The zero-order chi connectivity index (χ0) is 16.3. The van der Waals surface area contributed by atoms with E-state index in [0.29, 0.717) is 21.8 Å². The number of anilines is 1. The number of thiazole rings is 1. The Bertz CT molecular complexity index is 670. The number of hydrogen-bond acceptors (Lipinski definition) is 5. The molecule has 1 aromatic heterocycles. The molecular weight excluding hydrogens is 319 g/mol. The van der Waals surface area contributed by atoms with Gasteiger partial charge in [-0.25, -0.2) is 4.98 Å². The number of nitrogens with two attached hydrogens (primary N) is 1. The van der Waals surface area contributed by atoms with Crippen LogP contribution in [0.5, 0.6) is 5.75 Å². The number of amides is 1. The standard InChI is InChI=1S/C13H14F3N3O2S/c1-7(17)2-5-11(20)19-12-18-9-4-3-8(6-10(9)22-12)21-13(14,15)16/h3-4,6-7H,2,5,17H2,1H3,(H,18,19,20). The molecule has 2 aromatic rings. The van der Waals surface area contributed by atoms with Gasteiger partial charge in [0.1, 0.15) is 5.75 Å². The summed E-state index contributed by atoms with van der Waals surface area (Å²) in [5.41, 5.74) is 6.05. The molecule has 120 valence electrons. The van der Waals surface area contributed by atoms with Crippen molar-refractivity contribution in [2.75, 3.05) is 5.32 Å². The lowest BCUT2D eigenvalue weighted by Gasteiger charge is -2.07. The van der Waals surface area contributed by atoms with Crippen molar-refractivity contribution in [3.8, 4) is 5.75 Å². The third kappa shape index (κ3) is 4.85. The molecule has 0 aliphatic rings. The lowest BCUT2D eigenvalue weighted by Crippen LogP contribution is -2.19. The third-order valence-electron chi connectivity index (χ3n) is 2.67. The Labute approximate surface area is 128 Å². The third-order valence-corrected chi connectivity index (χ3v) is 3.60. The fourth-order valence-corrected chi connectivity index (χ4v) is 2.61. The first-order chi connectivity index (χ1) is 10.2. The van der Waals surface area contributed by atoms with Gasteiger partial charge in [-0.3, -0.25) is 4.79 Å². The quantitative estimate of drug-likeness (QED) is 0.880. The van der Waals surface area contributed by atoms with E-state index in [2.05, 4.69) is 15.0 Å². The van der Waals surface area contributed by atoms with Crippen molar-refractivity contribution in [3.05, 3.63) is 18.2 Å². The zero-order valence-electron chi connectivity index (χ0n) is 11.6. The number of alkyl halides is 3. The second-order valence-corrected chi connectivity index (χ2v) is 5.79. The first kappa shape index (κ1) is 16.5. The van der Waals surface area contributed by atoms with Crippen LogP contribution in [0.3, 0.4) is 0 Å². The molecule has 22 heavy (non-hydrogen) atoms. The molecule has 0 saturated heterocycles. The van der Waals surface area contributed by atoms with Crippen molar-refractivity contribution in [3.63, 3.8) is 0 Å².